The van der Waals surface area contributed by atoms with Gasteiger partial charge in [0.1, 0.15) is 18.1 Å². The molecule has 0 fully saturated rings. The van der Waals surface area contributed by atoms with E-state index in [2.05, 4.69) is 20.6 Å². The van der Waals surface area contributed by atoms with E-state index in [-0.39, 0.29) is 6.17 Å². The Morgan fingerprint density at radius 1 is 1.53 bits per heavy atom. The molecule has 0 bridgehead atoms. The minimum atomic E-state index is -0.302. The highest BCUT2D eigenvalue weighted by molar-refractivity contribution is 5.79. The van der Waals surface area contributed by atoms with E-state index in [4.69, 9.17) is 15.2 Å². The number of nitrogens with one attached hydrogen (secondary N) is 2. The molecule has 0 amide bonds. The van der Waals surface area contributed by atoms with E-state index in [9.17, 15) is 0 Å². The lowest BCUT2D eigenvalue weighted by molar-refractivity contribution is 0.137. The molecule has 0 aromatic carbocycles. The van der Waals surface area contributed by atoms with Crippen LogP contribution in [0.25, 0.3) is 0 Å². The Morgan fingerprint density at radius 2 is 2.40 bits per heavy atom. The normalized spacial score (nSPS) is 23.0. The van der Waals surface area contributed by atoms with Crippen molar-refractivity contribution in [1.82, 2.24) is 10.6 Å². The molecule has 0 saturated carbocycles. The molecule has 0 spiro atoms. The first kappa shape index (κ1) is 9.78. The van der Waals surface area contributed by atoms with Gasteiger partial charge in [-0.15, -0.1) is 0 Å². The topological polar surface area (TPSA) is 93.3 Å². The van der Waals surface area contributed by atoms with Crippen molar-refractivity contribution in [3.05, 3.63) is 11.5 Å². The van der Waals surface area contributed by atoms with Crippen LogP contribution >= 0.6 is 0 Å². The summed E-state index contributed by atoms with van der Waals surface area (Å²) >= 11 is 0. The van der Waals surface area contributed by atoms with Crippen molar-refractivity contribution in [2.45, 2.75) is 6.17 Å². The third-order valence-electron chi connectivity index (χ3n) is 1.99. The molecular formula is C8H13N5O2. The maximum Gasteiger partial charge on any atom is 0.292 e. The molecule has 2 heterocycles. The Hall–Kier alpha value is -1.76. The first-order valence-corrected chi connectivity index (χ1v) is 4.55. The maximum atomic E-state index is 5.75. The molecule has 1 unspecified atom stereocenters. The summed E-state index contributed by atoms with van der Waals surface area (Å²) in [4.78, 5) is 8.27. The number of fused-ring (bicyclic) bond motifs is 1. The smallest absolute Gasteiger partial charge is 0.292 e. The predicted octanol–water partition coefficient (Wildman–Crippen LogP) is -1.31. The van der Waals surface area contributed by atoms with Gasteiger partial charge in [0, 0.05) is 7.11 Å². The fraction of sp³-hybridized carbons (Fsp3) is 0.500. The number of amidine groups is 1. The standard InChI is InChI=1S/C8H13N5O2/c1-14-2-3-15-8-12-6(9)5-7(13-8)11-4-10-5/h4,7H,2-3,9H2,1H3,(H,10,11)(H,12,13). The van der Waals surface area contributed by atoms with Gasteiger partial charge in [-0.2, -0.15) is 0 Å². The van der Waals surface area contributed by atoms with E-state index in [0.29, 0.717) is 25.1 Å². The Morgan fingerprint density at radius 3 is 3.20 bits per heavy atom. The molecule has 15 heavy (non-hydrogen) atoms. The second-order valence-electron chi connectivity index (χ2n) is 3.02. The van der Waals surface area contributed by atoms with Gasteiger partial charge in [0.05, 0.1) is 12.9 Å². The number of hydrogen-bond donors (Lipinski definition) is 3. The third-order valence-corrected chi connectivity index (χ3v) is 1.99. The van der Waals surface area contributed by atoms with E-state index < -0.39 is 0 Å². The summed E-state index contributed by atoms with van der Waals surface area (Å²) in [5.41, 5.74) is 6.51. The van der Waals surface area contributed by atoms with Crippen LogP contribution < -0.4 is 16.4 Å². The lowest BCUT2D eigenvalue weighted by atomic mass is 10.3. The van der Waals surface area contributed by atoms with Gasteiger partial charge in [-0.1, -0.05) is 0 Å². The van der Waals surface area contributed by atoms with E-state index >= 15 is 0 Å². The monoisotopic (exact) mass is 211 g/mol. The summed E-state index contributed by atoms with van der Waals surface area (Å²) in [6.45, 7) is 0.929. The van der Waals surface area contributed by atoms with Crippen LogP contribution in [-0.4, -0.2) is 38.8 Å². The molecule has 0 aliphatic carbocycles. The van der Waals surface area contributed by atoms with Gasteiger partial charge in [-0.05, 0) is 0 Å². The molecule has 2 aliphatic rings. The Bertz CT molecular complexity index is 336. The van der Waals surface area contributed by atoms with Crippen molar-refractivity contribution in [3.8, 4) is 0 Å². The van der Waals surface area contributed by atoms with Crippen molar-refractivity contribution in [2.24, 2.45) is 15.7 Å². The SMILES string of the molecule is COCCOC1=NC2N=CNC2=C(N)N1. The van der Waals surface area contributed by atoms with Crippen LogP contribution in [0.15, 0.2) is 21.5 Å². The van der Waals surface area contributed by atoms with Gasteiger partial charge in [0.2, 0.25) is 0 Å². The first-order valence-electron chi connectivity index (χ1n) is 4.55. The number of rotatable bonds is 3. The molecule has 2 rings (SSSR count). The summed E-state index contributed by atoms with van der Waals surface area (Å²) in [7, 11) is 1.61. The Balaban J connectivity index is 1.96. The number of nitrogens with two attached hydrogens (primary N) is 1. The summed E-state index contributed by atoms with van der Waals surface area (Å²) < 4.78 is 10.2. The summed E-state index contributed by atoms with van der Waals surface area (Å²) in [6, 6.07) is 0.374. The van der Waals surface area contributed by atoms with E-state index in [0.717, 1.165) is 5.70 Å². The third kappa shape index (κ3) is 2.01. The highest BCUT2D eigenvalue weighted by atomic mass is 16.5. The van der Waals surface area contributed by atoms with Crippen LogP contribution in [0.3, 0.4) is 0 Å². The van der Waals surface area contributed by atoms with Gasteiger partial charge >= 0.3 is 0 Å². The van der Waals surface area contributed by atoms with E-state index in [1.807, 2.05) is 0 Å². The Kier molecular flexibility index (Phi) is 2.72. The maximum absolute atomic E-state index is 5.75. The summed E-state index contributed by atoms with van der Waals surface area (Å²) in [5.74, 6) is 0.486. The van der Waals surface area contributed by atoms with Crippen molar-refractivity contribution in [2.75, 3.05) is 20.3 Å². The van der Waals surface area contributed by atoms with Crippen LogP contribution in [0, 0.1) is 0 Å². The molecule has 82 valence electrons. The Labute approximate surface area is 87.0 Å². The number of aliphatic imine (C=N–C) groups is 2. The average molecular weight is 211 g/mol. The molecule has 4 N–H and O–H groups in total. The second-order valence-corrected chi connectivity index (χ2v) is 3.02. The lowest BCUT2D eigenvalue weighted by Gasteiger charge is -2.19. The van der Waals surface area contributed by atoms with Crippen molar-refractivity contribution < 1.29 is 9.47 Å². The average Bonchev–Trinajstić information content (AvgIpc) is 2.66. The zero-order valence-electron chi connectivity index (χ0n) is 8.36. The van der Waals surface area contributed by atoms with Crippen LogP contribution in [0.2, 0.25) is 0 Å². The zero-order valence-corrected chi connectivity index (χ0v) is 8.36. The second kappa shape index (κ2) is 4.18. The van der Waals surface area contributed by atoms with E-state index in [1.165, 1.54) is 0 Å². The largest absolute Gasteiger partial charge is 0.463 e. The molecule has 1 atom stereocenters. The molecule has 0 aromatic rings. The molecule has 7 nitrogen and oxygen atoms in total. The molecule has 7 heteroatoms. The quantitative estimate of drug-likeness (QED) is 0.504. The highest BCUT2D eigenvalue weighted by Crippen LogP contribution is 2.14. The van der Waals surface area contributed by atoms with Gasteiger partial charge in [-0.25, -0.2) is 9.98 Å². The van der Waals surface area contributed by atoms with E-state index in [1.54, 1.807) is 13.4 Å². The number of hydrogen-bond acceptors (Lipinski definition) is 7. The minimum Gasteiger partial charge on any atom is -0.463 e. The molecule has 0 radical (unpaired) electrons. The van der Waals surface area contributed by atoms with Crippen LogP contribution in [0.5, 0.6) is 0 Å². The van der Waals surface area contributed by atoms with Crippen LogP contribution in [0.1, 0.15) is 0 Å². The number of methoxy groups -OCH3 is 1. The fourth-order valence-corrected chi connectivity index (χ4v) is 1.26. The summed E-state index contributed by atoms with van der Waals surface area (Å²) in [5, 5.41) is 5.74. The zero-order chi connectivity index (χ0) is 10.7. The van der Waals surface area contributed by atoms with Crippen LogP contribution in [0.4, 0.5) is 0 Å². The fourth-order valence-electron chi connectivity index (χ4n) is 1.26. The molecule has 0 saturated heterocycles. The first-order chi connectivity index (χ1) is 7.31. The van der Waals surface area contributed by atoms with Gasteiger partial charge in [0.15, 0.2) is 6.17 Å². The number of ether oxygens (including phenoxy) is 2. The lowest BCUT2D eigenvalue weighted by Crippen LogP contribution is -2.39. The minimum absolute atomic E-state index is 0.302. The van der Waals surface area contributed by atoms with Gasteiger partial charge in [0.25, 0.3) is 6.02 Å². The number of nitrogens with zero attached hydrogens (tertiary/aromatic N) is 2. The molecule has 0 aromatic heterocycles. The van der Waals surface area contributed by atoms with Crippen molar-refractivity contribution >= 4 is 12.4 Å². The predicted molar refractivity (Wildman–Crippen MR) is 55.0 cm³/mol. The van der Waals surface area contributed by atoms with Crippen molar-refractivity contribution in [1.29, 1.82) is 0 Å². The molecular weight excluding hydrogens is 198 g/mol. The van der Waals surface area contributed by atoms with Crippen molar-refractivity contribution in [3.63, 3.8) is 0 Å². The van der Waals surface area contributed by atoms with Gasteiger partial charge < -0.3 is 20.5 Å². The highest BCUT2D eigenvalue weighted by Gasteiger charge is 2.25. The molecule has 2 aliphatic heterocycles. The van der Waals surface area contributed by atoms with Gasteiger partial charge in [-0.3, -0.25) is 5.32 Å². The summed E-state index contributed by atoms with van der Waals surface area (Å²) in [6.07, 6.45) is 1.26. The van der Waals surface area contributed by atoms with Crippen LogP contribution in [-0.2, 0) is 9.47 Å².